The molecule has 1 amide bonds. The number of hydrogen-bond donors (Lipinski definition) is 3. The van der Waals surface area contributed by atoms with Gasteiger partial charge in [0.25, 0.3) is 0 Å². The second-order valence-electron chi connectivity index (χ2n) is 13.9. The van der Waals surface area contributed by atoms with Gasteiger partial charge in [0.1, 0.15) is 5.60 Å². The zero-order valence-electron chi connectivity index (χ0n) is 20.4. The number of carbonyl (C=O) groups is 2. The molecule has 0 aromatic rings. The maximum Gasteiger partial charge on any atom is 0.408 e. The zero-order valence-corrected chi connectivity index (χ0v) is 22.1. The minimum Gasteiger partial charge on any atom is -0.481 e. The lowest BCUT2D eigenvalue weighted by Crippen LogP contribution is -2.73. The Morgan fingerprint density at radius 1 is 0.812 bits per heavy atom. The van der Waals surface area contributed by atoms with Crippen molar-refractivity contribution < 1.29 is 19.4 Å². The summed E-state index contributed by atoms with van der Waals surface area (Å²) >= 11 is 0. The van der Waals surface area contributed by atoms with Crippen LogP contribution in [0.1, 0.15) is 99.3 Å². The highest BCUT2D eigenvalue weighted by Gasteiger charge is 2.69. The number of carboxylic acid groups (broad SMARTS) is 1. The van der Waals surface area contributed by atoms with Gasteiger partial charge in [-0.2, -0.15) is 0 Å². The molecule has 9 fully saturated rings. The molecule has 4 N–H and O–H groups in total. The summed E-state index contributed by atoms with van der Waals surface area (Å²) in [4.78, 5) is 21.9. The Labute approximate surface area is 205 Å². The Kier molecular flexibility index (Phi) is 6.57. The molecule has 6 bridgehead atoms. The molecule has 0 unspecified atom stereocenters. The van der Waals surface area contributed by atoms with Crippen LogP contribution in [-0.4, -0.2) is 33.8 Å². The van der Waals surface area contributed by atoms with Gasteiger partial charge in [-0.1, -0.05) is 20.8 Å². The van der Waals surface area contributed by atoms with Crippen LogP contribution in [0, 0.1) is 21.7 Å². The zero-order chi connectivity index (χ0) is 22.4. The van der Waals surface area contributed by atoms with Crippen molar-refractivity contribution in [3.8, 4) is 0 Å². The van der Waals surface area contributed by atoms with E-state index >= 15 is 0 Å². The number of alkyl carbamates (subject to hydrolysis) is 1. The van der Waals surface area contributed by atoms with Gasteiger partial charge in [0.15, 0.2) is 0 Å². The molecule has 9 aliphatic rings. The first kappa shape index (κ1) is 27.5. The van der Waals surface area contributed by atoms with Crippen molar-refractivity contribution in [2.45, 2.75) is 116 Å². The third-order valence-electron chi connectivity index (χ3n) is 8.15. The van der Waals surface area contributed by atoms with Crippen LogP contribution >= 0.6 is 24.8 Å². The summed E-state index contributed by atoms with van der Waals surface area (Å²) < 4.78 is 5.22. The highest BCUT2D eigenvalue weighted by Crippen LogP contribution is 2.73. The average Bonchev–Trinajstić information content (AvgIpc) is 2.36. The second kappa shape index (κ2) is 7.64. The van der Waals surface area contributed by atoms with Crippen molar-refractivity contribution in [3.05, 3.63) is 0 Å². The van der Waals surface area contributed by atoms with E-state index in [4.69, 9.17) is 15.6 Å². The van der Waals surface area contributed by atoms with Gasteiger partial charge in [0.2, 0.25) is 0 Å². The molecule has 32 heavy (non-hydrogen) atoms. The summed E-state index contributed by atoms with van der Waals surface area (Å²) in [5, 5.41) is 11.6. The average molecular weight is 494 g/mol. The van der Waals surface area contributed by atoms with Crippen molar-refractivity contribution in [1.82, 2.24) is 5.32 Å². The van der Waals surface area contributed by atoms with Gasteiger partial charge in [0, 0.05) is 11.1 Å². The Hall–Kier alpha value is -0.720. The van der Waals surface area contributed by atoms with Crippen LogP contribution in [-0.2, 0) is 9.53 Å². The number of nitrogens with two attached hydrogens (primary N) is 1. The first-order valence-corrected chi connectivity index (χ1v) is 11.4. The van der Waals surface area contributed by atoms with Crippen molar-refractivity contribution in [3.63, 3.8) is 0 Å². The molecule has 0 atom stereocenters. The Morgan fingerprint density at radius 3 is 1.38 bits per heavy atom. The lowest BCUT2D eigenvalue weighted by Gasteiger charge is -2.69. The fourth-order valence-corrected chi connectivity index (χ4v) is 7.87. The first-order chi connectivity index (χ1) is 13.4. The molecule has 6 nitrogen and oxygen atoms in total. The van der Waals surface area contributed by atoms with Crippen LogP contribution in [0.4, 0.5) is 4.79 Å². The Morgan fingerprint density at radius 2 is 1.19 bits per heavy atom. The first-order valence-electron chi connectivity index (χ1n) is 11.4. The number of carboxylic acids is 1. The van der Waals surface area contributed by atoms with E-state index in [1.165, 1.54) is 19.3 Å². The fraction of sp³-hybridized carbons (Fsp3) is 0.917. The number of ether oxygens (including phenoxy) is 1. The van der Waals surface area contributed by atoms with E-state index in [1.54, 1.807) is 0 Å². The summed E-state index contributed by atoms with van der Waals surface area (Å²) in [6, 6.07) is 0. The molecule has 0 heterocycles. The molecular weight excluding hydrogens is 451 g/mol. The largest absolute Gasteiger partial charge is 0.481 e. The molecule has 9 aliphatic carbocycles. The highest BCUT2D eigenvalue weighted by atomic mass is 35.5. The smallest absolute Gasteiger partial charge is 0.408 e. The molecular formula is C24H42Cl2N2O4. The number of carbonyl (C=O) groups excluding carboxylic acids is 1. The summed E-state index contributed by atoms with van der Waals surface area (Å²) in [6.07, 6.45) is 9.76. The lowest BCUT2D eigenvalue weighted by atomic mass is 9.36. The van der Waals surface area contributed by atoms with Crippen LogP contribution in [0.15, 0.2) is 0 Å². The van der Waals surface area contributed by atoms with Crippen molar-refractivity contribution in [1.29, 1.82) is 0 Å². The number of nitrogens with one attached hydrogen (secondary N) is 1. The van der Waals surface area contributed by atoms with E-state index in [2.05, 4.69) is 26.1 Å². The van der Waals surface area contributed by atoms with E-state index < -0.39 is 11.6 Å². The van der Waals surface area contributed by atoms with Crippen molar-refractivity contribution in [2.75, 3.05) is 0 Å². The predicted octanol–water partition coefficient (Wildman–Crippen LogP) is 5.45. The Bertz CT molecular complexity index is 720. The monoisotopic (exact) mass is 492 g/mol. The molecule has 9 saturated carbocycles. The van der Waals surface area contributed by atoms with Gasteiger partial charge in [-0.3, -0.25) is 4.79 Å². The number of rotatable bonds is 2. The standard InChI is InChI=1S/C11H19NO2.C7H10O2.C6H11N.2ClH/c1-9(2,3)14-8(13)12-11-5-10(4,6-11)7-11;1-6-2-7(3-6,4-6)5(8)9;1-5-2-6(7,3-5)4-5;;/h5-7H2,1-4H3,(H,12,13);2-4H2,1H3,(H,8,9);2-4,7H2,1H3;2*1H. The predicted molar refractivity (Wildman–Crippen MR) is 129 cm³/mol. The molecule has 0 spiro atoms. The molecule has 0 saturated heterocycles. The minimum absolute atomic E-state index is 0. The normalized spacial score (nSPS) is 46.7. The van der Waals surface area contributed by atoms with Gasteiger partial charge in [-0.15, -0.1) is 24.8 Å². The fourth-order valence-electron chi connectivity index (χ4n) is 7.87. The Balaban J connectivity index is 0.000000175. The number of aliphatic carboxylic acids is 1. The minimum atomic E-state index is -0.578. The van der Waals surface area contributed by atoms with Crippen LogP contribution in [0.3, 0.4) is 0 Å². The van der Waals surface area contributed by atoms with E-state index in [9.17, 15) is 9.59 Å². The van der Waals surface area contributed by atoms with Crippen LogP contribution in [0.2, 0.25) is 0 Å². The molecule has 8 heteroatoms. The van der Waals surface area contributed by atoms with E-state index in [0.717, 1.165) is 38.5 Å². The van der Waals surface area contributed by atoms with Crippen LogP contribution in [0.5, 0.6) is 0 Å². The van der Waals surface area contributed by atoms with E-state index in [0.29, 0.717) is 21.8 Å². The number of amides is 1. The molecule has 0 radical (unpaired) electrons. The summed E-state index contributed by atoms with van der Waals surface area (Å²) in [5.41, 5.74) is 7.20. The van der Waals surface area contributed by atoms with Crippen molar-refractivity contribution in [2.24, 2.45) is 27.4 Å². The van der Waals surface area contributed by atoms with Crippen LogP contribution < -0.4 is 11.1 Å². The van der Waals surface area contributed by atoms with E-state index in [-0.39, 0.29) is 41.9 Å². The lowest BCUT2D eigenvalue weighted by molar-refractivity contribution is -0.215. The highest BCUT2D eigenvalue weighted by molar-refractivity contribution is 5.85. The third-order valence-corrected chi connectivity index (χ3v) is 8.15. The molecule has 0 aromatic carbocycles. The maximum atomic E-state index is 11.5. The number of hydrogen-bond acceptors (Lipinski definition) is 4. The van der Waals surface area contributed by atoms with Crippen molar-refractivity contribution >= 4 is 36.9 Å². The van der Waals surface area contributed by atoms with E-state index in [1.807, 2.05) is 20.8 Å². The third kappa shape index (κ3) is 4.88. The molecule has 9 rings (SSSR count). The van der Waals surface area contributed by atoms with Gasteiger partial charge in [-0.05, 0) is 94.8 Å². The molecule has 0 aromatic heterocycles. The SMILES string of the molecule is CC12CC(C(=O)O)(C1)C2.CC12CC(N)(C1)C2.CC12CC(NC(=O)OC(C)(C)C)(C1)C2.Cl.Cl. The summed E-state index contributed by atoms with van der Waals surface area (Å²) in [5.74, 6) is -0.578. The van der Waals surface area contributed by atoms with Gasteiger partial charge < -0.3 is 20.9 Å². The molecule has 0 aliphatic heterocycles. The maximum absolute atomic E-state index is 11.5. The quantitative estimate of drug-likeness (QED) is 0.475. The summed E-state index contributed by atoms with van der Waals surface area (Å²) in [6.45, 7) is 12.4. The van der Waals surface area contributed by atoms with Gasteiger partial charge in [0.05, 0.1) is 5.41 Å². The second-order valence-corrected chi connectivity index (χ2v) is 13.9. The number of halogens is 2. The summed E-state index contributed by atoms with van der Waals surface area (Å²) in [7, 11) is 0. The van der Waals surface area contributed by atoms with Gasteiger partial charge in [-0.25, -0.2) is 4.79 Å². The van der Waals surface area contributed by atoms with Crippen LogP contribution in [0.25, 0.3) is 0 Å². The molecule has 186 valence electrons. The topological polar surface area (TPSA) is 102 Å². The van der Waals surface area contributed by atoms with Gasteiger partial charge >= 0.3 is 12.1 Å².